The second kappa shape index (κ2) is 16.6. The highest BCUT2D eigenvalue weighted by Crippen LogP contribution is 2.36. The first-order valence-corrected chi connectivity index (χ1v) is 17.0. The van der Waals surface area contributed by atoms with Crippen molar-refractivity contribution in [3.05, 3.63) is 100 Å². The summed E-state index contributed by atoms with van der Waals surface area (Å²) in [5.41, 5.74) is 3.73. The van der Waals surface area contributed by atoms with Crippen LogP contribution in [-0.2, 0) is 33.8 Å². The van der Waals surface area contributed by atoms with Gasteiger partial charge in [-0.15, -0.1) is 0 Å². The Balaban J connectivity index is 0.000000452. The smallest absolute Gasteiger partial charge is 0.272 e. The van der Waals surface area contributed by atoms with Crippen LogP contribution in [0, 0.1) is 17.8 Å². The fraction of sp³-hybridized carbons (Fsp3) is 0.378. The van der Waals surface area contributed by atoms with E-state index in [1.54, 1.807) is 46.3 Å². The number of rotatable bonds is 9. The number of halogens is 1. The number of nitrogens with zero attached hydrogens (tertiary/aromatic N) is 3. The van der Waals surface area contributed by atoms with E-state index >= 15 is 0 Å². The van der Waals surface area contributed by atoms with Crippen LogP contribution in [0.5, 0.6) is 0 Å². The molecular formula is C37H43ClN6O5. The van der Waals surface area contributed by atoms with E-state index in [0.717, 1.165) is 16.5 Å². The van der Waals surface area contributed by atoms with Crippen molar-refractivity contribution in [3.63, 3.8) is 0 Å². The molecule has 2 aliphatic heterocycles. The van der Waals surface area contributed by atoms with Gasteiger partial charge in [0.25, 0.3) is 5.91 Å². The topological polar surface area (TPSA) is 148 Å². The number of benzene rings is 2. The molecule has 3 unspecified atom stereocenters. The number of aromatic nitrogens is 2. The van der Waals surface area contributed by atoms with Gasteiger partial charge >= 0.3 is 0 Å². The van der Waals surface area contributed by atoms with E-state index in [1.807, 2.05) is 6.07 Å². The largest absolute Gasteiger partial charge is 0.390 e. The van der Waals surface area contributed by atoms with Gasteiger partial charge in [-0.25, -0.2) is 4.98 Å². The summed E-state index contributed by atoms with van der Waals surface area (Å²) >= 11 is 6.09. The molecule has 2 aromatic carbocycles. The molecule has 0 spiro atoms. The lowest BCUT2D eigenvalue weighted by Crippen LogP contribution is -2.54. The number of hydrogen-bond acceptors (Lipinski definition) is 6. The lowest BCUT2D eigenvalue weighted by Gasteiger charge is -2.39. The molecule has 2 fully saturated rings. The van der Waals surface area contributed by atoms with Crippen molar-refractivity contribution in [2.45, 2.75) is 32.8 Å². The SMILES string of the molecule is CCCc1ccccc1.CNC(=O)CNC(=O)C1CN(C(=O)Cc2c[nH]c3cc(Cl)ccc23)CC2CN(C(=O)c3cccc(CO)n3)CC21. The van der Waals surface area contributed by atoms with E-state index in [2.05, 4.69) is 57.9 Å². The maximum absolute atomic E-state index is 13.5. The number of likely N-dealkylation sites (N-methyl/N-ethyl adjacent to an activating group) is 1. The minimum atomic E-state index is -0.594. The summed E-state index contributed by atoms with van der Waals surface area (Å²) in [7, 11) is 1.49. The summed E-state index contributed by atoms with van der Waals surface area (Å²) in [6, 6.07) is 20.9. The minimum Gasteiger partial charge on any atom is -0.390 e. The molecule has 0 aliphatic carbocycles. The number of likely N-dealkylation sites (tertiary alicyclic amines) is 2. The molecule has 4 amide bonds. The number of amides is 4. The second-order valence-electron chi connectivity index (χ2n) is 12.5. The van der Waals surface area contributed by atoms with Gasteiger partial charge in [-0.3, -0.25) is 19.2 Å². The number of pyridine rings is 1. The standard InChI is InChI=1S/C28H31ClN6O5.C9H12/c1-30-25(37)10-32-27(39)22-14-34(26(38)7-16-9-31-24-8-18(29)5-6-20(16)24)11-17-12-35(13-21(17)22)28(40)23-4-2-3-19(15-36)33-23;1-2-6-9-7-4-3-5-8-9/h2-6,8-9,17,21-22,31,36H,7,10-15H2,1H3,(H,30,37)(H,32,39);3-5,7-8H,2,6H2,1H3. The molecular weight excluding hydrogens is 644 g/mol. The Bertz CT molecular complexity index is 1780. The maximum Gasteiger partial charge on any atom is 0.272 e. The van der Waals surface area contributed by atoms with Crippen LogP contribution in [0.2, 0.25) is 5.02 Å². The molecule has 49 heavy (non-hydrogen) atoms. The number of piperidine rings is 1. The van der Waals surface area contributed by atoms with Gasteiger partial charge in [0.05, 0.1) is 31.2 Å². The van der Waals surface area contributed by atoms with E-state index in [4.69, 9.17) is 11.6 Å². The third-order valence-electron chi connectivity index (χ3n) is 9.20. The number of H-pyrrole nitrogens is 1. The van der Waals surface area contributed by atoms with Gasteiger partial charge < -0.3 is 30.5 Å². The zero-order valence-electron chi connectivity index (χ0n) is 27.8. The van der Waals surface area contributed by atoms with Crippen molar-refractivity contribution >= 4 is 46.1 Å². The van der Waals surface area contributed by atoms with Crippen molar-refractivity contribution in [2.75, 3.05) is 39.8 Å². The van der Waals surface area contributed by atoms with Crippen LogP contribution in [0.15, 0.2) is 72.9 Å². The van der Waals surface area contributed by atoms with Crippen molar-refractivity contribution in [2.24, 2.45) is 17.8 Å². The Kier molecular flexibility index (Phi) is 12.0. The summed E-state index contributed by atoms with van der Waals surface area (Å²) in [5, 5.41) is 16.1. The van der Waals surface area contributed by atoms with E-state index in [1.165, 1.54) is 25.5 Å². The molecule has 6 rings (SSSR count). The fourth-order valence-corrected chi connectivity index (χ4v) is 6.84. The van der Waals surface area contributed by atoms with Crippen LogP contribution in [0.25, 0.3) is 10.9 Å². The van der Waals surface area contributed by atoms with Crippen molar-refractivity contribution in [1.29, 1.82) is 0 Å². The highest BCUT2D eigenvalue weighted by Gasteiger charge is 2.48. The molecule has 4 heterocycles. The van der Waals surface area contributed by atoms with Gasteiger partial charge in [0.1, 0.15) is 5.69 Å². The second-order valence-corrected chi connectivity index (χ2v) is 13.0. The zero-order chi connectivity index (χ0) is 34.9. The first-order valence-electron chi connectivity index (χ1n) is 16.6. The predicted molar refractivity (Wildman–Crippen MR) is 188 cm³/mol. The number of carbonyl (C=O) groups is 4. The molecule has 12 heteroatoms. The first kappa shape index (κ1) is 35.6. The summed E-state index contributed by atoms with van der Waals surface area (Å²) in [4.78, 5) is 62.6. The lowest BCUT2D eigenvalue weighted by atomic mass is 9.79. The highest BCUT2D eigenvalue weighted by molar-refractivity contribution is 6.31. The molecule has 2 saturated heterocycles. The number of nitrogens with one attached hydrogen (secondary N) is 3. The minimum absolute atomic E-state index is 0.125. The monoisotopic (exact) mass is 686 g/mol. The van der Waals surface area contributed by atoms with Crippen LogP contribution in [0.1, 0.15) is 40.7 Å². The van der Waals surface area contributed by atoms with Gasteiger partial charge in [-0.05, 0) is 53.6 Å². The molecule has 11 nitrogen and oxygen atoms in total. The van der Waals surface area contributed by atoms with E-state index in [0.29, 0.717) is 30.4 Å². The zero-order valence-corrected chi connectivity index (χ0v) is 28.6. The molecule has 3 atom stereocenters. The van der Waals surface area contributed by atoms with Crippen LogP contribution in [0.4, 0.5) is 0 Å². The van der Waals surface area contributed by atoms with E-state index in [9.17, 15) is 24.3 Å². The van der Waals surface area contributed by atoms with Gasteiger partial charge in [0.2, 0.25) is 17.7 Å². The Morgan fingerprint density at radius 3 is 2.49 bits per heavy atom. The summed E-state index contributed by atoms with van der Waals surface area (Å²) in [6.07, 6.45) is 4.39. The van der Waals surface area contributed by atoms with E-state index < -0.39 is 5.92 Å². The molecule has 2 aliphatic rings. The first-order chi connectivity index (χ1) is 23.7. The van der Waals surface area contributed by atoms with E-state index in [-0.39, 0.29) is 67.3 Å². The Morgan fingerprint density at radius 2 is 1.76 bits per heavy atom. The summed E-state index contributed by atoms with van der Waals surface area (Å²) < 4.78 is 0. The Hall–Kier alpha value is -4.74. The molecule has 4 aromatic rings. The third kappa shape index (κ3) is 8.84. The number of fused-ring (bicyclic) bond motifs is 2. The molecule has 0 radical (unpaired) electrons. The van der Waals surface area contributed by atoms with Crippen LogP contribution < -0.4 is 10.6 Å². The van der Waals surface area contributed by atoms with Crippen LogP contribution >= 0.6 is 11.6 Å². The number of aromatic amines is 1. The van der Waals surface area contributed by atoms with Gasteiger partial charge in [0, 0.05) is 55.3 Å². The molecule has 0 saturated carbocycles. The summed E-state index contributed by atoms with van der Waals surface area (Å²) in [5.74, 6) is -1.97. The number of carbonyl (C=O) groups excluding carboxylic acids is 4. The normalized spacial score (nSPS) is 18.3. The predicted octanol–water partition coefficient (Wildman–Crippen LogP) is 3.60. The average Bonchev–Trinajstić information content (AvgIpc) is 3.74. The van der Waals surface area contributed by atoms with Crippen molar-refractivity contribution < 1.29 is 24.3 Å². The quantitative estimate of drug-likeness (QED) is 0.212. The molecule has 258 valence electrons. The number of hydrogen-bond donors (Lipinski definition) is 4. The number of aliphatic hydroxyl groups is 1. The summed E-state index contributed by atoms with van der Waals surface area (Å²) in [6.45, 7) is 3.04. The fourth-order valence-electron chi connectivity index (χ4n) is 6.67. The van der Waals surface area contributed by atoms with Gasteiger partial charge in [0.15, 0.2) is 0 Å². The third-order valence-corrected chi connectivity index (χ3v) is 9.43. The lowest BCUT2D eigenvalue weighted by molar-refractivity contribution is -0.139. The van der Waals surface area contributed by atoms with Crippen LogP contribution in [-0.4, -0.2) is 88.3 Å². The number of aliphatic hydroxyl groups excluding tert-OH is 1. The maximum atomic E-state index is 13.5. The van der Waals surface area contributed by atoms with Crippen molar-refractivity contribution in [1.82, 2.24) is 30.4 Å². The van der Waals surface area contributed by atoms with Gasteiger partial charge in [-0.2, -0.15) is 0 Å². The average molecular weight is 687 g/mol. The Labute approximate surface area is 291 Å². The van der Waals surface area contributed by atoms with Gasteiger partial charge in [-0.1, -0.05) is 67.4 Å². The molecule has 0 bridgehead atoms. The Morgan fingerprint density at radius 1 is 0.980 bits per heavy atom. The molecule has 2 aromatic heterocycles. The van der Waals surface area contributed by atoms with Crippen molar-refractivity contribution in [3.8, 4) is 0 Å². The molecule has 4 N–H and O–H groups in total. The van der Waals surface area contributed by atoms with Crippen LogP contribution in [0.3, 0.4) is 0 Å². The highest BCUT2D eigenvalue weighted by atomic mass is 35.5. The number of aryl methyl sites for hydroxylation is 1.